The second kappa shape index (κ2) is 5.89. The van der Waals surface area contributed by atoms with E-state index in [0.29, 0.717) is 17.8 Å². The highest BCUT2D eigenvalue weighted by Crippen LogP contribution is 2.12. The average molecular weight is 235 g/mol. The molecule has 17 heavy (non-hydrogen) atoms. The van der Waals surface area contributed by atoms with Gasteiger partial charge < -0.3 is 16.4 Å². The molecule has 0 saturated carbocycles. The van der Waals surface area contributed by atoms with Crippen molar-refractivity contribution in [3.8, 4) is 0 Å². The zero-order chi connectivity index (χ0) is 12.8. The number of carbonyl (C=O) groups is 2. The highest BCUT2D eigenvalue weighted by Gasteiger charge is 2.08. The van der Waals surface area contributed by atoms with Crippen LogP contribution in [0.1, 0.15) is 22.8 Å². The van der Waals surface area contributed by atoms with Crippen molar-refractivity contribution in [2.24, 2.45) is 0 Å². The van der Waals surface area contributed by atoms with E-state index < -0.39 is 0 Å². The van der Waals surface area contributed by atoms with E-state index in [1.54, 1.807) is 18.2 Å². The highest BCUT2D eigenvalue weighted by molar-refractivity contribution is 5.97. The van der Waals surface area contributed by atoms with Crippen molar-refractivity contribution in [1.82, 2.24) is 10.6 Å². The Labute approximate surface area is 100 Å². The van der Waals surface area contributed by atoms with Crippen LogP contribution in [0.2, 0.25) is 0 Å². The smallest absolute Gasteiger partial charge is 0.251 e. The SMILES string of the molecule is CCNC(=O)CNC(=O)c1ccc(C)c(N)c1. The molecule has 4 N–H and O–H groups in total. The number of likely N-dealkylation sites (N-methyl/N-ethyl adjacent to an activating group) is 1. The molecule has 0 heterocycles. The Hall–Kier alpha value is -2.04. The van der Waals surface area contributed by atoms with Crippen LogP contribution < -0.4 is 16.4 Å². The van der Waals surface area contributed by atoms with Gasteiger partial charge in [0.25, 0.3) is 5.91 Å². The third-order valence-electron chi connectivity index (χ3n) is 2.32. The molecular formula is C12H17N3O2. The normalized spacial score (nSPS) is 9.76. The lowest BCUT2D eigenvalue weighted by Crippen LogP contribution is -2.36. The van der Waals surface area contributed by atoms with Crippen LogP contribution >= 0.6 is 0 Å². The third-order valence-corrected chi connectivity index (χ3v) is 2.32. The summed E-state index contributed by atoms with van der Waals surface area (Å²) >= 11 is 0. The molecular weight excluding hydrogens is 218 g/mol. The molecule has 0 unspecified atom stereocenters. The fourth-order valence-electron chi connectivity index (χ4n) is 1.30. The van der Waals surface area contributed by atoms with Crippen LogP contribution in [0.4, 0.5) is 5.69 Å². The molecule has 0 aliphatic rings. The van der Waals surface area contributed by atoms with E-state index >= 15 is 0 Å². The number of anilines is 1. The molecule has 0 atom stereocenters. The number of benzene rings is 1. The van der Waals surface area contributed by atoms with Gasteiger partial charge in [-0.05, 0) is 31.5 Å². The maximum absolute atomic E-state index is 11.7. The van der Waals surface area contributed by atoms with Gasteiger partial charge in [0.2, 0.25) is 5.91 Å². The van der Waals surface area contributed by atoms with Gasteiger partial charge in [0.05, 0.1) is 6.54 Å². The van der Waals surface area contributed by atoms with Crippen LogP contribution in [0.15, 0.2) is 18.2 Å². The number of amides is 2. The number of carbonyl (C=O) groups excluding carboxylic acids is 2. The van der Waals surface area contributed by atoms with Crippen molar-refractivity contribution >= 4 is 17.5 Å². The van der Waals surface area contributed by atoms with Crippen molar-refractivity contribution in [2.45, 2.75) is 13.8 Å². The largest absolute Gasteiger partial charge is 0.398 e. The van der Waals surface area contributed by atoms with Crippen LogP contribution in [0.3, 0.4) is 0 Å². The Morgan fingerprint density at radius 3 is 2.59 bits per heavy atom. The molecule has 0 fully saturated rings. The summed E-state index contributed by atoms with van der Waals surface area (Å²) in [6.45, 7) is 4.21. The van der Waals surface area contributed by atoms with Crippen LogP contribution in [-0.2, 0) is 4.79 Å². The molecule has 0 spiro atoms. The van der Waals surface area contributed by atoms with Gasteiger partial charge in [-0.1, -0.05) is 6.07 Å². The number of aryl methyl sites for hydroxylation is 1. The molecule has 2 amide bonds. The van der Waals surface area contributed by atoms with Crippen molar-refractivity contribution in [3.63, 3.8) is 0 Å². The van der Waals surface area contributed by atoms with Crippen molar-refractivity contribution in [3.05, 3.63) is 29.3 Å². The van der Waals surface area contributed by atoms with E-state index in [4.69, 9.17) is 5.73 Å². The number of rotatable bonds is 4. The zero-order valence-corrected chi connectivity index (χ0v) is 10.0. The number of nitrogens with two attached hydrogens (primary N) is 1. The van der Waals surface area contributed by atoms with Crippen LogP contribution in [0.25, 0.3) is 0 Å². The number of nitrogens with one attached hydrogen (secondary N) is 2. The lowest BCUT2D eigenvalue weighted by molar-refractivity contribution is -0.120. The van der Waals surface area contributed by atoms with Crippen molar-refractivity contribution in [1.29, 1.82) is 0 Å². The van der Waals surface area contributed by atoms with E-state index in [-0.39, 0.29) is 18.4 Å². The lowest BCUT2D eigenvalue weighted by Gasteiger charge is -2.07. The molecule has 0 radical (unpaired) electrons. The van der Waals surface area contributed by atoms with Gasteiger partial charge in [0, 0.05) is 17.8 Å². The second-order valence-corrected chi connectivity index (χ2v) is 3.71. The first-order valence-electron chi connectivity index (χ1n) is 5.45. The summed E-state index contributed by atoms with van der Waals surface area (Å²) < 4.78 is 0. The van der Waals surface area contributed by atoms with Gasteiger partial charge in [0.15, 0.2) is 0 Å². The second-order valence-electron chi connectivity index (χ2n) is 3.71. The van der Waals surface area contributed by atoms with Gasteiger partial charge in [0.1, 0.15) is 0 Å². The van der Waals surface area contributed by atoms with E-state index in [1.807, 2.05) is 13.8 Å². The molecule has 0 bridgehead atoms. The van der Waals surface area contributed by atoms with Crippen molar-refractivity contribution < 1.29 is 9.59 Å². The zero-order valence-electron chi connectivity index (χ0n) is 10.0. The van der Waals surface area contributed by atoms with E-state index in [9.17, 15) is 9.59 Å². The fourth-order valence-corrected chi connectivity index (χ4v) is 1.30. The lowest BCUT2D eigenvalue weighted by atomic mass is 10.1. The minimum absolute atomic E-state index is 0.0273. The van der Waals surface area contributed by atoms with Crippen LogP contribution in [0.5, 0.6) is 0 Å². The number of hydrogen-bond acceptors (Lipinski definition) is 3. The molecule has 1 rings (SSSR count). The summed E-state index contributed by atoms with van der Waals surface area (Å²) in [7, 11) is 0. The molecule has 0 aromatic heterocycles. The quantitative estimate of drug-likeness (QED) is 0.662. The predicted molar refractivity (Wildman–Crippen MR) is 66.6 cm³/mol. The van der Waals surface area contributed by atoms with E-state index in [0.717, 1.165) is 5.56 Å². The van der Waals surface area contributed by atoms with Gasteiger partial charge in [-0.3, -0.25) is 9.59 Å². The molecule has 0 aliphatic heterocycles. The first-order chi connectivity index (χ1) is 8.04. The van der Waals surface area contributed by atoms with Gasteiger partial charge >= 0.3 is 0 Å². The summed E-state index contributed by atoms with van der Waals surface area (Å²) in [5, 5.41) is 5.12. The Morgan fingerprint density at radius 1 is 1.29 bits per heavy atom. The van der Waals surface area contributed by atoms with Gasteiger partial charge in [-0.2, -0.15) is 0 Å². The Bertz CT molecular complexity index is 430. The van der Waals surface area contributed by atoms with Gasteiger partial charge in [-0.25, -0.2) is 0 Å². The maximum atomic E-state index is 11.7. The predicted octanol–water partition coefficient (Wildman–Crippen LogP) is 0.443. The molecule has 0 saturated heterocycles. The van der Waals surface area contributed by atoms with E-state index in [1.165, 1.54) is 0 Å². The Morgan fingerprint density at radius 2 is 2.00 bits per heavy atom. The first kappa shape index (κ1) is 13.0. The molecule has 5 nitrogen and oxygen atoms in total. The number of nitrogen functional groups attached to an aromatic ring is 1. The highest BCUT2D eigenvalue weighted by atomic mass is 16.2. The first-order valence-corrected chi connectivity index (χ1v) is 5.45. The van der Waals surface area contributed by atoms with Gasteiger partial charge in [-0.15, -0.1) is 0 Å². The Balaban J connectivity index is 2.58. The molecule has 1 aromatic rings. The Kier molecular flexibility index (Phi) is 4.51. The summed E-state index contributed by atoms with van der Waals surface area (Å²) in [6.07, 6.45) is 0. The fraction of sp³-hybridized carbons (Fsp3) is 0.333. The summed E-state index contributed by atoms with van der Waals surface area (Å²) in [6, 6.07) is 5.05. The average Bonchev–Trinajstić information content (AvgIpc) is 2.30. The van der Waals surface area contributed by atoms with Crippen LogP contribution in [-0.4, -0.2) is 24.9 Å². The number of hydrogen-bond donors (Lipinski definition) is 3. The minimum Gasteiger partial charge on any atom is -0.398 e. The third kappa shape index (κ3) is 3.79. The topological polar surface area (TPSA) is 84.2 Å². The summed E-state index contributed by atoms with van der Waals surface area (Å²) in [5.41, 5.74) is 7.65. The monoisotopic (exact) mass is 235 g/mol. The molecule has 0 aliphatic carbocycles. The standard InChI is InChI=1S/C12H17N3O2/c1-3-14-11(16)7-15-12(17)9-5-4-8(2)10(13)6-9/h4-6H,3,7,13H2,1-2H3,(H,14,16)(H,15,17). The van der Waals surface area contributed by atoms with E-state index in [2.05, 4.69) is 10.6 Å². The van der Waals surface area contributed by atoms with Crippen molar-refractivity contribution in [2.75, 3.05) is 18.8 Å². The summed E-state index contributed by atoms with van der Waals surface area (Å²) in [4.78, 5) is 22.8. The summed E-state index contributed by atoms with van der Waals surface area (Å²) in [5.74, 6) is -0.510. The molecule has 5 heteroatoms. The maximum Gasteiger partial charge on any atom is 0.251 e. The minimum atomic E-state index is -0.303. The van der Waals surface area contributed by atoms with Crippen LogP contribution in [0, 0.1) is 6.92 Å². The molecule has 92 valence electrons. The molecule has 1 aromatic carbocycles.